The lowest BCUT2D eigenvalue weighted by Gasteiger charge is -2.08. The van der Waals surface area contributed by atoms with Gasteiger partial charge in [0.1, 0.15) is 12.0 Å². The summed E-state index contributed by atoms with van der Waals surface area (Å²) in [4.78, 5) is 16.7. The lowest BCUT2D eigenvalue weighted by Crippen LogP contribution is -2.21. The number of rotatable bonds is 5. The maximum Gasteiger partial charge on any atom is 0.216 e. The molecule has 0 aliphatic carbocycles. The Morgan fingerprint density at radius 2 is 1.95 bits per heavy atom. The molecule has 0 aliphatic heterocycles. The Morgan fingerprint density at radius 3 is 2.58 bits per heavy atom. The van der Waals surface area contributed by atoms with E-state index in [1.54, 1.807) is 25.6 Å². The summed E-state index contributed by atoms with van der Waals surface area (Å²) in [5, 5.41) is 0. The SMILES string of the molecule is CCC(N)Cc1cnc(-c2cc(OC)ncn2)nc1. The van der Waals surface area contributed by atoms with E-state index in [1.165, 1.54) is 6.33 Å². The molecule has 0 saturated heterocycles. The minimum absolute atomic E-state index is 0.147. The minimum atomic E-state index is 0.147. The Bertz CT molecular complexity index is 529. The number of nitrogens with zero attached hydrogens (tertiary/aromatic N) is 4. The van der Waals surface area contributed by atoms with Crippen molar-refractivity contribution in [2.45, 2.75) is 25.8 Å². The minimum Gasteiger partial charge on any atom is -0.481 e. The molecule has 2 heterocycles. The van der Waals surface area contributed by atoms with E-state index in [-0.39, 0.29) is 6.04 Å². The molecule has 0 aromatic carbocycles. The van der Waals surface area contributed by atoms with Crippen molar-refractivity contribution in [2.75, 3.05) is 7.11 Å². The van der Waals surface area contributed by atoms with Gasteiger partial charge in [0.2, 0.25) is 5.88 Å². The van der Waals surface area contributed by atoms with E-state index in [4.69, 9.17) is 10.5 Å². The molecular formula is C13H17N5O. The zero-order chi connectivity index (χ0) is 13.7. The molecule has 19 heavy (non-hydrogen) atoms. The van der Waals surface area contributed by atoms with Gasteiger partial charge in [0.05, 0.1) is 7.11 Å². The van der Waals surface area contributed by atoms with Crippen LogP contribution in [0.5, 0.6) is 5.88 Å². The lowest BCUT2D eigenvalue weighted by atomic mass is 10.1. The normalized spacial score (nSPS) is 12.2. The Morgan fingerprint density at radius 1 is 1.21 bits per heavy atom. The van der Waals surface area contributed by atoms with Gasteiger partial charge in [-0.1, -0.05) is 6.92 Å². The number of nitrogens with two attached hydrogens (primary N) is 1. The van der Waals surface area contributed by atoms with Crippen LogP contribution in [0.25, 0.3) is 11.5 Å². The van der Waals surface area contributed by atoms with Crippen LogP contribution in [0.1, 0.15) is 18.9 Å². The van der Waals surface area contributed by atoms with Gasteiger partial charge in [-0.2, -0.15) is 0 Å². The second-order valence-corrected chi connectivity index (χ2v) is 4.23. The van der Waals surface area contributed by atoms with Crippen molar-refractivity contribution in [3.63, 3.8) is 0 Å². The maximum absolute atomic E-state index is 5.90. The molecule has 0 amide bonds. The number of hydrogen-bond donors (Lipinski definition) is 1. The standard InChI is InChI=1S/C13H17N5O/c1-3-10(14)4-9-6-15-13(16-7-9)11-5-12(19-2)18-8-17-11/h5-8,10H,3-4,14H2,1-2H3. The largest absolute Gasteiger partial charge is 0.481 e. The van der Waals surface area contributed by atoms with Crippen LogP contribution in [0.2, 0.25) is 0 Å². The third-order valence-corrected chi connectivity index (χ3v) is 2.81. The number of ether oxygens (including phenoxy) is 1. The van der Waals surface area contributed by atoms with Gasteiger partial charge in [0.25, 0.3) is 0 Å². The van der Waals surface area contributed by atoms with Crippen LogP contribution in [0, 0.1) is 0 Å². The summed E-state index contributed by atoms with van der Waals surface area (Å²) < 4.78 is 5.04. The molecule has 6 heteroatoms. The smallest absolute Gasteiger partial charge is 0.216 e. The Hall–Kier alpha value is -2.08. The first-order valence-corrected chi connectivity index (χ1v) is 6.15. The summed E-state index contributed by atoms with van der Waals surface area (Å²) in [7, 11) is 1.56. The van der Waals surface area contributed by atoms with E-state index in [9.17, 15) is 0 Å². The Kier molecular flexibility index (Phi) is 4.35. The van der Waals surface area contributed by atoms with E-state index in [0.717, 1.165) is 18.4 Å². The molecule has 2 aromatic heterocycles. The second kappa shape index (κ2) is 6.19. The van der Waals surface area contributed by atoms with Crippen molar-refractivity contribution in [3.8, 4) is 17.4 Å². The van der Waals surface area contributed by atoms with Crippen molar-refractivity contribution in [1.82, 2.24) is 19.9 Å². The first kappa shape index (κ1) is 13.4. The van der Waals surface area contributed by atoms with E-state index in [1.807, 2.05) is 0 Å². The first-order valence-electron chi connectivity index (χ1n) is 6.15. The average Bonchev–Trinajstić information content (AvgIpc) is 2.48. The predicted molar refractivity (Wildman–Crippen MR) is 71.6 cm³/mol. The molecule has 0 spiro atoms. The second-order valence-electron chi connectivity index (χ2n) is 4.23. The van der Waals surface area contributed by atoms with E-state index >= 15 is 0 Å². The van der Waals surface area contributed by atoms with Crippen LogP contribution in [0.3, 0.4) is 0 Å². The molecule has 1 atom stereocenters. The van der Waals surface area contributed by atoms with Crippen LogP contribution in [-0.4, -0.2) is 33.1 Å². The van der Waals surface area contributed by atoms with Crippen molar-refractivity contribution in [3.05, 3.63) is 30.4 Å². The Balaban J connectivity index is 2.17. The van der Waals surface area contributed by atoms with Crippen LogP contribution in [-0.2, 0) is 6.42 Å². The van der Waals surface area contributed by atoms with Gasteiger partial charge >= 0.3 is 0 Å². The molecule has 0 saturated carbocycles. The fourth-order valence-corrected chi connectivity index (χ4v) is 1.61. The van der Waals surface area contributed by atoms with Gasteiger partial charge in [-0.3, -0.25) is 0 Å². The molecule has 0 fully saturated rings. The number of hydrogen-bond acceptors (Lipinski definition) is 6. The molecule has 2 aromatic rings. The molecule has 1 unspecified atom stereocenters. The molecule has 100 valence electrons. The highest BCUT2D eigenvalue weighted by Gasteiger charge is 2.07. The molecular weight excluding hydrogens is 242 g/mol. The quantitative estimate of drug-likeness (QED) is 0.868. The van der Waals surface area contributed by atoms with Crippen LogP contribution >= 0.6 is 0 Å². The summed E-state index contributed by atoms with van der Waals surface area (Å²) >= 11 is 0. The van der Waals surface area contributed by atoms with Crippen LogP contribution in [0.15, 0.2) is 24.8 Å². The zero-order valence-corrected chi connectivity index (χ0v) is 11.1. The topological polar surface area (TPSA) is 86.8 Å². The molecule has 2 N–H and O–H groups in total. The van der Waals surface area contributed by atoms with Crippen LogP contribution in [0.4, 0.5) is 0 Å². The van der Waals surface area contributed by atoms with Gasteiger partial charge in [-0.15, -0.1) is 0 Å². The summed E-state index contributed by atoms with van der Waals surface area (Å²) in [5.74, 6) is 1.04. The number of methoxy groups -OCH3 is 1. The average molecular weight is 259 g/mol. The molecule has 2 rings (SSSR count). The van der Waals surface area contributed by atoms with Crippen molar-refractivity contribution < 1.29 is 4.74 Å². The van der Waals surface area contributed by atoms with Crippen molar-refractivity contribution >= 4 is 0 Å². The lowest BCUT2D eigenvalue weighted by molar-refractivity contribution is 0.397. The third-order valence-electron chi connectivity index (χ3n) is 2.81. The summed E-state index contributed by atoms with van der Waals surface area (Å²) in [6.07, 6.45) is 6.71. The van der Waals surface area contributed by atoms with Gasteiger partial charge in [0.15, 0.2) is 5.82 Å². The highest BCUT2D eigenvalue weighted by Crippen LogP contribution is 2.15. The fourth-order valence-electron chi connectivity index (χ4n) is 1.61. The highest BCUT2D eigenvalue weighted by atomic mass is 16.5. The number of aromatic nitrogens is 4. The van der Waals surface area contributed by atoms with Gasteiger partial charge < -0.3 is 10.5 Å². The van der Waals surface area contributed by atoms with E-state index in [2.05, 4.69) is 26.9 Å². The monoisotopic (exact) mass is 259 g/mol. The zero-order valence-electron chi connectivity index (χ0n) is 11.1. The molecule has 0 bridgehead atoms. The fraction of sp³-hybridized carbons (Fsp3) is 0.385. The molecule has 6 nitrogen and oxygen atoms in total. The van der Waals surface area contributed by atoms with Crippen molar-refractivity contribution in [1.29, 1.82) is 0 Å². The third kappa shape index (κ3) is 3.45. The van der Waals surface area contributed by atoms with Crippen LogP contribution < -0.4 is 10.5 Å². The highest BCUT2D eigenvalue weighted by molar-refractivity contribution is 5.49. The van der Waals surface area contributed by atoms with Gasteiger partial charge in [0, 0.05) is 24.5 Å². The summed E-state index contributed by atoms with van der Waals surface area (Å²) in [6.45, 7) is 2.06. The molecule has 0 aliphatic rings. The maximum atomic E-state index is 5.90. The first-order chi connectivity index (χ1) is 9.22. The summed E-state index contributed by atoms with van der Waals surface area (Å²) in [5.41, 5.74) is 7.56. The van der Waals surface area contributed by atoms with E-state index in [0.29, 0.717) is 17.4 Å². The predicted octanol–water partition coefficient (Wildman–Crippen LogP) is 1.22. The van der Waals surface area contributed by atoms with Crippen molar-refractivity contribution in [2.24, 2.45) is 5.73 Å². The van der Waals surface area contributed by atoms with Gasteiger partial charge in [-0.25, -0.2) is 19.9 Å². The van der Waals surface area contributed by atoms with Gasteiger partial charge in [-0.05, 0) is 18.4 Å². The molecule has 0 radical (unpaired) electrons. The van der Waals surface area contributed by atoms with E-state index < -0.39 is 0 Å². The Labute approximate surface area is 112 Å². The summed E-state index contributed by atoms with van der Waals surface area (Å²) in [6, 6.07) is 1.85.